The number of thiocarbonyl (C=S) groups is 1. The van der Waals surface area contributed by atoms with E-state index in [1.165, 1.54) is 4.90 Å². The SMILES string of the molecule is CC(C)c1ccc(C(=O)NC(=S)N2CCN(c3c(F)c(F)c(Cl)c(F)c3F)CC2)cc1. The highest BCUT2D eigenvalue weighted by Gasteiger charge is 2.30. The molecule has 1 fully saturated rings. The predicted molar refractivity (Wildman–Crippen MR) is 116 cm³/mol. The largest absolute Gasteiger partial charge is 0.363 e. The van der Waals surface area contributed by atoms with Crippen LogP contribution in [0.4, 0.5) is 23.2 Å². The fourth-order valence-electron chi connectivity index (χ4n) is 3.27. The van der Waals surface area contributed by atoms with Gasteiger partial charge in [0.15, 0.2) is 28.4 Å². The van der Waals surface area contributed by atoms with E-state index in [-0.39, 0.29) is 37.2 Å². The van der Waals surface area contributed by atoms with E-state index in [0.717, 1.165) is 5.56 Å². The van der Waals surface area contributed by atoms with Gasteiger partial charge in [0, 0.05) is 31.7 Å². The number of nitrogens with zero attached hydrogens (tertiary/aromatic N) is 2. The average Bonchev–Trinajstić information content (AvgIpc) is 2.77. The number of benzene rings is 2. The Balaban J connectivity index is 1.63. The number of anilines is 1. The zero-order valence-corrected chi connectivity index (χ0v) is 18.4. The third-order valence-electron chi connectivity index (χ3n) is 5.13. The normalized spacial score (nSPS) is 14.2. The van der Waals surface area contributed by atoms with Gasteiger partial charge in [-0.2, -0.15) is 0 Å². The quantitative estimate of drug-likeness (QED) is 0.299. The number of halogens is 5. The molecule has 10 heteroatoms. The lowest BCUT2D eigenvalue weighted by Crippen LogP contribution is -2.53. The molecule has 1 saturated heterocycles. The van der Waals surface area contributed by atoms with Crippen LogP contribution in [0.2, 0.25) is 5.02 Å². The van der Waals surface area contributed by atoms with Crippen LogP contribution < -0.4 is 10.2 Å². The lowest BCUT2D eigenvalue weighted by molar-refractivity contribution is 0.0973. The van der Waals surface area contributed by atoms with E-state index in [1.807, 2.05) is 26.0 Å². The summed E-state index contributed by atoms with van der Waals surface area (Å²) in [6, 6.07) is 7.16. The van der Waals surface area contributed by atoms with Crippen LogP contribution in [-0.2, 0) is 0 Å². The van der Waals surface area contributed by atoms with Crippen LogP contribution in [0.15, 0.2) is 24.3 Å². The minimum absolute atomic E-state index is 0.0352. The third-order valence-corrected chi connectivity index (χ3v) is 5.82. The van der Waals surface area contributed by atoms with Gasteiger partial charge in [-0.05, 0) is 35.8 Å². The maximum atomic E-state index is 14.2. The van der Waals surface area contributed by atoms with E-state index in [0.29, 0.717) is 11.5 Å². The van der Waals surface area contributed by atoms with Crippen molar-refractivity contribution in [3.05, 3.63) is 63.7 Å². The molecular formula is C21H20ClF4N3OS. The second kappa shape index (κ2) is 9.40. The van der Waals surface area contributed by atoms with E-state index >= 15 is 0 Å². The fraction of sp³-hybridized carbons (Fsp3) is 0.333. The minimum Gasteiger partial charge on any atom is -0.363 e. The molecule has 0 aliphatic carbocycles. The monoisotopic (exact) mass is 473 g/mol. The van der Waals surface area contributed by atoms with Gasteiger partial charge < -0.3 is 9.80 Å². The van der Waals surface area contributed by atoms with Crippen molar-refractivity contribution in [3.63, 3.8) is 0 Å². The Labute approximate surface area is 187 Å². The fourth-order valence-corrected chi connectivity index (χ4v) is 3.71. The number of nitrogens with one attached hydrogen (secondary N) is 1. The van der Waals surface area contributed by atoms with Gasteiger partial charge in [-0.15, -0.1) is 0 Å². The summed E-state index contributed by atoms with van der Waals surface area (Å²) in [6.45, 7) is 4.55. The Morgan fingerprint density at radius 3 is 1.97 bits per heavy atom. The van der Waals surface area contributed by atoms with Crippen molar-refractivity contribution in [2.45, 2.75) is 19.8 Å². The molecule has 0 aromatic heterocycles. The predicted octanol–water partition coefficient (Wildman–Crippen LogP) is 4.86. The maximum absolute atomic E-state index is 14.2. The van der Waals surface area contributed by atoms with Gasteiger partial charge in [-0.25, -0.2) is 17.6 Å². The first-order valence-corrected chi connectivity index (χ1v) is 10.4. The standard InChI is InChI=1S/C21H20ClF4N3OS/c1-11(2)12-3-5-13(6-4-12)20(30)27-21(31)29-9-7-28(8-10-29)19-17(25)15(23)14(22)16(24)18(19)26/h3-6,11H,7-10H2,1-2H3,(H,27,30,31). The number of carbonyl (C=O) groups is 1. The van der Waals surface area contributed by atoms with Gasteiger partial charge in [-0.3, -0.25) is 10.1 Å². The molecule has 0 saturated carbocycles. The average molecular weight is 474 g/mol. The third kappa shape index (κ3) is 4.77. The lowest BCUT2D eigenvalue weighted by atomic mass is 10.0. The van der Waals surface area contributed by atoms with Crippen molar-refractivity contribution in [2.24, 2.45) is 0 Å². The van der Waals surface area contributed by atoms with E-state index in [1.54, 1.807) is 17.0 Å². The number of hydrogen-bond acceptors (Lipinski definition) is 3. The summed E-state index contributed by atoms with van der Waals surface area (Å²) in [5.41, 5.74) is 0.741. The summed E-state index contributed by atoms with van der Waals surface area (Å²) in [6.07, 6.45) is 0. The van der Waals surface area contributed by atoms with Gasteiger partial charge in [0.25, 0.3) is 5.91 Å². The topological polar surface area (TPSA) is 35.6 Å². The number of amides is 1. The molecule has 0 unspecified atom stereocenters. The van der Waals surface area contributed by atoms with E-state index < -0.39 is 34.0 Å². The summed E-state index contributed by atoms with van der Waals surface area (Å²) >= 11 is 10.5. The van der Waals surface area contributed by atoms with Crippen molar-refractivity contribution in [1.82, 2.24) is 10.2 Å². The highest BCUT2D eigenvalue weighted by atomic mass is 35.5. The molecule has 0 spiro atoms. The number of piperazine rings is 1. The number of carbonyl (C=O) groups excluding carboxylic acids is 1. The van der Waals surface area contributed by atoms with Crippen LogP contribution in [0.5, 0.6) is 0 Å². The Kier molecular flexibility index (Phi) is 7.06. The van der Waals surface area contributed by atoms with Crippen molar-refractivity contribution in [3.8, 4) is 0 Å². The summed E-state index contributed by atoms with van der Waals surface area (Å²) in [7, 11) is 0. The van der Waals surface area contributed by atoms with Crippen LogP contribution in [0.25, 0.3) is 0 Å². The molecule has 2 aromatic carbocycles. The summed E-state index contributed by atoms with van der Waals surface area (Å²) in [5.74, 6) is -6.39. The van der Waals surface area contributed by atoms with Gasteiger partial charge >= 0.3 is 0 Å². The van der Waals surface area contributed by atoms with Gasteiger partial charge in [0.05, 0.1) is 0 Å². The minimum atomic E-state index is -1.63. The van der Waals surface area contributed by atoms with Crippen molar-refractivity contribution >= 4 is 40.5 Å². The molecule has 3 rings (SSSR count). The van der Waals surface area contributed by atoms with Crippen molar-refractivity contribution < 1.29 is 22.4 Å². The molecule has 0 atom stereocenters. The van der Waals surface area contributed by atoms with E-state index in [4.69, 9.17) is 23.8 Å². The molecule has 166 valence electrons. The van der Waals surface area contributed by atoms with Crippen LogP contribution in [0.1, 0.15) is 35.7 Å². The smallest absolute Gasteiger partial charge is 0.257 e. The van der Waals surface area contributed by atoms with Crippen molar-refractivity contribution in [1.29, 1.82) is 0 Å². The zero-order valence-electron chi connectivity index (χ0n) is 16.8. The molecule has 0 radical (unpaired) electrons. The summed E-state index contributed by atoms with van der Waals surface area (Å²) < 4.78 is 55.8. The first-order valence-electron chi connectivity index (χ1n) is 9.58. The zero-order chi connectivity index (χ0) is 22.9. The number of hydrogen-bond donors (Lipinski definition) is 1. The van der Waals surface area contributed by atoms with E-state index in [9.17, 15) is 22.4 Å². The molecule has 0 bridgehead atoms. The Morgan fingerprint density at radius 2 is 1.48 bits per heavy atom. The van der Waals surface area contributed by atoms with Gasteiger partial charge in [0.2, 0.25) is 0 Å². The summed E-state index contributed by atoms with van der Waals surface area (Å²) in [5, 5.41) is 1.57. The van der Waals surface area contributed by atoms with Gasteiger partial charge in [0.1, 0.15) is 10.7 Å². The Hall–Kier alpha value is -2.39. The highest BCUT2D eigenvalue weighted by molar-refractivity contribution is 7.80. The molecule has 31 heavy (non-hydrogen) atoms. The van der Waals surface area contributed by atoms with E-state index in [2.05, 4.69) is 5.32 Å². The van der Waals surface area contributed by atoms with Crippen LogP contribution in [0, 0.1) is 23.3 Å². The summed E-state index contributed by atoms with van der Waals surface area (Å²) in [4.78, 5) is 15.3. The second-order valence-electron chi connectivity index (χ2n) is 7.43. The molecule has 1 amide bonds. The molecule has 4 nitrogen and oxygen atoms in total. The first kappa shape index (κ1) is 23.3. The maximum Gasteiger partial charge on any atom is 0.257 e. The Morgan fingerprint density at radius 1 is 0.968 bits per heavy atom. The lowest BCUT2D eigenvalue weighted by Gasteiger charge is -2.37. The van der Waals surface area contributed by atoms with Crippen molar-refractivity contribution in [2.75, 3.05) is 31.1 Å². The van der Waals surface area contributed by atoms with Crippen LogP contribution in [-0.4, -0.2) is 42.1 Å². The van der Waals surface area contributed by atoms with Crippen LogP contribution in [0.3, 0.4) is 0 Å². The first-order chi connectivity index (χ1) is 14.6. The molecule has 2 aromatic rings. The molecule has 1 aliphatic heterocycles. The van der Waals surface area contributed by atoms with Crippen LogP contribution >= 0.6 is 23.8 Å². The molecule has 1 heterocycles. The second-order valence-corrected chi connectivity index (χ2v) is 8.19. The molecule has 1 aliphatic rings. The highest BCUT2D eigenvalue weighted by Crippen LogP contribution is 2.33. The molecule has 1 N–H and O–H groups in total. The number of rotatable bonds is 3. The van der Waals surface area contributed by atoms with Gasteiger partial charge in [-0.1, -0.05) is 37.6 Å². The molecular weight excluding hydrogens is 454 g/mol. The Bertz CT molecular complexity index is 980.